The van der Waals surface area contributed by atoms with E-state index in [1.807, 2.05) is 6.92 Å². The summed E-state index contributed by atoms with van der Waals surface area (Å²) in [5, 5.41) is 2.37. The highest BCUT2D eigenvalue weighted by molar-refractivity contribution is 7.89. The van der Waals surface area contributed by atoms with Crippen LogP contribution in [0.1, 0.15) is 71.1 Å². The number of nitrogens with zero attached hydrogens (tertiary/aromatic N) is 1. The minimum atomic E-state index is -3.62. The predicted octanol–water partition coefficient (Wildman–Crippen LogP) is 3.49. The number of fused-ring (bicyclic) bond motifs is 1. The van der Waals surface area contributed by atoms with E-state index in [0.717, 1.165) is 0 Å². The lowest BCUT2D eigenvalue weighted by atomic mass is 9.83. The van der Waals surface area contributed by atoms with Gasteiger partial charge >= 0.3 is 0 Å². The van der Waals surface area contributed by atoms with Crippen LogP contribution in [0.4, 0.5) is 8.78 Å². The molecular formula is C24H39ClF2N2O5S. The first-order valence-electron chi connectivity index (χ1n) is 13.2. The largest absolute Gasteiger partial charge is 0.379 e. The summed E-state index contributed by atoms with van der Waals surface area (Å²) in [6, 6.07) is -0.784. The van der Waals surface area contributed by atoms with Gasteiger partial charge in [0.15, 0.2) is 0 Å². The van der Waals surface area contributed by atoms with Crippen LogP contribution < -0.4 is 5.32 Å². The molecule has 4 fully saturated rings. The van der Waals surface area contributed by atoms with Gasteiger partial charge in [0.05, 0.1) is 30.1 Å². The Kier molecular flexibility index (Phi) is 9.33. The SMILES string of the molecule is CCOCC1CN(S(=O)(=O)C2CCC(Cl)CC2)C2CC(NC(=O)C3C(F)CCCC3F)CCC2O1. The van der Waals surface area contributed by atoms with E-state index >= 15 is 0 Å². The van der Waals surface area contributed by atoms with Crippen molar-refractivity contribution in [1.82, 2.24) is 9.62 Å². The standard InChI is InChI=1S/C24H39ClF2N2O5S/c1-2-33-14-17-13-29(35(31,32)18-9-6-15(25)7-10-18)21-12-16(8-11-22(21)34-17)28-24(30)23-19(26)4-3-5-20(23)27/h15-23H,2-14H2,1H3,(H,28,30). The zero-order chi connectivity index (χ0) is 25.2. The first-order valence-corrected chi connectivity index (χ1v) is 15.1. The van der Waals surface area contributed by atoms with Gasteiger partial charge in [0.25, 0.3) is 0 Å². The molecule has 1 saturated heterocycles. The molecule has 0 aromatic rings. The van der Waals surface area contributed by atoms with Crippen LogP contribution in [0.5, 0.6) is 0 Å². The number of hydrogen-bond acceptors (Lipinski definition) is 5. The maximum Gasteiger partial charge on any atom is 0.229 e. The summed E-state index contributed by atoms with van der Waals surface area (Å²) in [7, 11) is -3.62. The summed E-state index contributed by atoms with van der Waals surface area (Å²) < 4.78 is 69.6. The van der Waals surface area contributed by atoms with Crippen molar-refractivity contribution in [2.45, 2.75) is 118 Å². The number of sulfonamides is 1. The summed E-state index contributed by atoms with van der Waals surface area (Å²) in [5.41, 5.74) is 0. The third kappa shape index (κ3) is 6.30. The molecule has 0 bridgehead atoms. The van der Waals surface area contributed by atoms with Crippen molar-refractivity contribution < 1.29 is 31.5 Å². The van der Waals surface area contributed by atoms with E-state index in [-0.39, 0.29) is 43.0 Å². The van der Waals surface area contributed by atoms with Gasteiger partial charge in [-0.1, -0.05) is 0 Å². The van der Waals surface area contributed by atoms with Crippen molar-refractivity contribution in [2.24, 2.45) is 5.92 Å². The van der Waals surface area contributed by atoms with Crippen LogP contribution >= 0.6 is 11.6 Å². The van der Waals surface area contributed by atoms with Crippen LogP contribution in [-0.4, -0.2) is 85.7 Å². The molecule has 3 saturated carbocycles. The van der Waals surface area contributed by atoms with Crippen LogP contribution in [-0.2, 0) is 24.3 Å². The Hall–Kier alpha value is -0.550. The van der Waals surface area contributed by atoms with Gasteiger partial charge in [0.2, 0.25) is 15.9 Å². The third-order valence-corrected chi connectivity index (χ3v) is 10.9. The molecule has 35 heavy (non-hydrogen) atoms. The number of carbonyl (C=O) groups excluding carboxylic acids is 1. The van der Waals surface area contributed by atoms with Crippen molar-refractivity contribution in [3.8, 4) is 0 Å². The number of amides is 1. The van der Waals surface area contributed by atoms with Gasteiger partial charge in [-0.15, -0.1) is 11.6 Å². The Morgan fingerprint density at radius 3 is 2.43 bits per heavy atom. The quantitative estimate of drug-likeness (QED) is 0.500. The van der Waals surface area contributed by atoms with E-state index in [9.17, 15) is 22.0 Å². The van der Waals surface area contributed by atoms with Crippen molar-refractivity contribution in [2.75, 3.05) is 19.8 Å². The van der Waals surface area contributed by atoms with E-state index in [2.05, 4.69) is 5.32 Å². The van der Waals surface area contributed by atoms with Gasteiger partial charge in [0, 0.05) is 24.6 Å². The Morgan fingerprint density at radius 2 is 1.77 bits per heavy atom. The van der Waals surface area contributed by atoms with E-state index in [1.54, 1.807) is 4.31 Å². The van der Waals surface area contributed by atoms with Gasteiger partial charge in [-0.05, 0) is 71.1 Å². The van der Waals surface area contributed by atoms with Gasteiger partial charge < -0.3 is 14.8 Å². The van der Waals surface area contributed by atoms with Crippen molar-refractivity contribution in [3.63, 3.8) is 0 Å². The smallest absolute Gasteiger partial charge is 0.229 e. The molecule has 4 aliphatic rings. The second-order valence-corrected chi connectivity index (χ2v) is 13.3. The van der Waals surface area contributed by atoms with Crippen LogP contribution in [0.3, 0.4) is 0 Å². The number of nitrogens with one attached hydrogen (secondary N) is 1. The molecule has 0 radical (unpaired) electrons. The molecule has 7 nitrogen and oxygen atoms in total. The van der Waals surface area contributed by atoms with Gasteiger partial charge in [-0.25, -0.2) is 17.2 Å². The van der Waals surface area contributed by atoms with Crippen molar-refractivity contribution in [3.05, 3.63) is 0 Å². The normalized spacial score (nSPS) is 41.2. The minimum Gasteiger partial charge on any atom is -0.379 e. The Morgan fingerprint density at radius 1 is 1.09 bits per heavy atom. The minimum absolute atomic E-state index is 0.0114. The Bertz CT molecular complexity index is 819. The van der Waals surface area contributed by atoms with Gasteiger partial charge in [0.1, 0.15) is 18.3 Å². The number of morpholine rings is 1. The van der Waals surface area contributed by atoms with Gasteiger partial charge in [-0.2, -0.15) is 4.31 Å². The van der Waals surface area contributed by atoms with Crippen molar-refractivity contribution in [1.29, 1.82) is 0 Å². The van der Waals surface area contributed by atoms with Crippen LogP contribution in [0, 0.1) is 5.92 Å². The first-order chi connectivity index (χ1) is 16.7. The summed E-state index contributed by atoms with van der Waals surface area (Å²) in [4.78, 5) is 12.8. The molecule has 11 heteroatoms. The summed E-state index contributed by atoms with van der Waals surface area (Å²) in [5.74, 6) is -1.89. The molecule has 1 amide bonds. The van der Waals surface area contributed by atoms with Crippen LogP contribution in [0.2, 0.25) is 0 Å². The number of ether oxygens (including phenoxy) is 2. The van der Waals surface area contributed by atoms with E-state index < -0.39 is 45.5 Å². The lowest BCUT2D eigenvalue weighted by molar-refractivity contribution is -0.140. The molecule has 1 aliphatic heterocycles. The zero-order valence-electron chi connectivity index (χ0n) is 20.4. The average Bonchev–Trinajstić information content (AvgIpc) is 2.82. The molecule has 0 aromatic heterocycles. The molecule has 202 valence electrons. The third-order valence-electron chi connectivity index (χ3n) is 8.12. The second-order valence-electron chi connectivity index (χ2n) is 10.5. The van der Waals surface area contributed by atoms with Crippen LogP contribution in [0.15, 0.2) is 0 Å². The lowest BCUT2D eigenvalue weighted by Gasteiger charge is -2.49. The fourth-order valence-electron chi connectivity index (χ4n) is 6.20. The number of alkyl halides is 3. The summed E-state index contributed by atoms with van der Waals surface area (Å²) >= 11 is 6.22. The van der Waals surface area contributed by atoms with E-state index in [0.29, 0.717) is 64.6 Å². The molecule has 0 spiro atoms. The Balaban J connectivity index is 1.48. The molecule has 1 N–H and O–H groups in total. The number of rotatable bonds is 7. The second kappa shape index (κ2) is 11.9. The average molecular weight is 541 g/mol. The Labute approximate surface area is 212 Å². The van der Waals surface area contributed by atoms with E-state index in [4.69, 9.17) is 21.1 Å². The number of carbonyl (C=O) groups is 1. The van der Waals surface area contributed by atoms with Crippen LogP contribution in [0.25, 0.3) is 0 Å². The maximum atomic E-state index is 14.3. The fourth-order valence-corrected chi connectivity index (χ4v) is 8.68. The van der Waals surface area contributed by atoms with Gasteiger partial charge in [-0.3, -0.25) is 4.79 Å². The number of halogens is 3. The van der Waals surface area contributed by atoms with E-state index in [1.165, 1.54) is 0 Å². The topological polar surface area (TPSA) is 84.9 Å². The first kappa shape index (κ1) is 27.5. The fraction of sp³-hybridized carbons (Fsp3) is 0.958. The predicted molar refractivity (Wildman–Crippen MR) is 129 cm³/mol. The highest BCUT2D eigenvalue weighted by Gasteiger charge is 2.49. The summed E-state index contributed by atoms with van der Waals surface area (Å²) in [6.45, 7) is 2.92. The molecule has 6 atom stereocenters. The molecule has 6 unspecified atom stereocenters. The number of hydrogen-bond donors (Lipinski definition) is 1. The monoisotopic (exact) mass is 540 g/mol. The maximum absolute atomic E-state index is 14.3. The van der Waals surface area contributed by atoms with Crippen molar-refractivity contribution >= 4 is 27.5 Å². The lowest BCUT2D eigenvalue weighted by Crippen LogP contribution is -2.63. The highest BCUT2D eigenvalue weighted by Crippen LogP contribution is 2.37. The molecule has 4 rings (SSSR count). The zero-order valence-corrected chi connectivity index (χ0v) is 22.0. The summed E-state index contributed by atoms with van der Waals surface area (Å²) in [6.07, 6.45) is 1.08. The molecular weight excluding hydrogens is 502 g/mol. The highest BCUT2D eigenvalue weighted by atomic mass is 35.5. The molecule has 0 aromatic carbocycles. The molecule has 3 aliphatic carbocycles. The molecule has 1 heterocycles.